The summed E-state index contributed by atoms with van der Waals surface area (Å²) in [6.45, 7) is 2.61. The summed E-state index contributed by atoms with van der Waals surface area (Å²) >= 11 is 0. The second-order valence-electron chi connectivity index (χ2n) is 4.32. The lowest BCUT2D eigenvalue weighted by molar-refractivity contribution is 0.355. The fourth-order valence-corrected chi connectivity index (χ4v) is 1.99. The maximum Gasteiger partial charge on any atom is 0.210 e. The molecule has 0 atom stereocenters. The molecule has 4 N–H and O–H groups in total. The molecule has 0 amide bonds. The third-order valence-electron chi connectivity index (χ3n) is 2.64. The summed E-state index contributed by atoms with van der Waals surface area (Å²) < 4.78 is 32.2. The summed E-state index contributed by atoms with van der Waals surface area (Å²) in [6, 6.07) is 5.31. The number of nitrogens with two attached hydrogens (primary N) is 1. The van der Waals surface area contributed by atoms with E-state index in [-0.39, 0.29) is 12.3 Å². The van der Waals surface area contributed by atoms with Gasteiger partial charge < -0.3 is 20.1 Å². The van der Waals surface area contributed by atoms with Crippen molar-refractivity contribution in [1.82, 2.24) is 5.32 Å². The van der Waals surface area contributed by atoms with Crippen molar-refractivity contribution >= 4 is 21.7 Å². The number of anilines is 1. The van der Waals surface area contributed by atoms with Crippen LogP contribution in [0.5, 0.6) is 11.5 Å². The number of nitrogens with one attached hydrogen (secondary N) is 2. The lowest BCUT2D eigenvalue weighted by Gasteiger charge is -2.13. The number of rotatable bonds is 7. The van der Waals surface area contributed by atoms with Crippen molar-refractivity contribution in [3.8, 4) is 11.5 Å². The quantitative estimate of drug-likeness (QED) is 0.491. The molecule has 0 heterocycles. The zero-order chi connectivity index (χ0) is 16.6. The van der Waals surface area contributed by atoms with Crippen molar-refractivity contribution in [2.24, 2.45) is 10.1 Å². The first-order valence-corrected chi connectivity index (χ1v) is 8.39. The number of ether oxygens (including phenoxy) is 2. The molecular formula is C13H22N4O4S. The van der Waals surface area contributed by atoms with E-state index in [1.807, 2.05) is 6.92 Å². The first-order chi connectivity index (χ1) is 10.4. The van der Waals surface area contributed by atoms with Crippen LogP contribution in [0.2, 0.25) is 0 Å². The summed E-state index contributed by atoms with van der Waals surface area (Å²) in [7, 11) is -0.419. The van der Waals surface area contributed by atoms with Gasteiger partial charge in [-0.3, -0.25) is 4.99 Å². The third-order valence-corrected chi connectivity index (χ3v) is 3.39. The highest BCUT2D eigenvalue weighted by atomic mass is 32.2. The molecule has 0 unspecified atom stereocenters. The van der Waals surface area contributed by atoms with Crippen molar-refractivity contribution in [1.29, 1.82) is 0 Å². The van der Waals surface area contributed by atoms with Crippen LogP contribution in [0.1, 0.15) is 6.92 Å². The molecule has 0 spiro atoms. The fourth-order valence-electron chi connectivity index (χ4n) is 1.64. The first-order valence-electron chi connectivity index (χ1n) is 6.67. The molecule has 0 saturated heterocycles. The van der Waals surface area contributed by atoms with Crippen LogP contribution in [-0.4, -0.2) is 47.4 Å². The topological polar surface area (TPSA) is 115 Å². The van der Waals surface area contributed by atoms with Crippen LogP contribution in [0.25, 0.3) is 0 Å². The molecule has 0 radical (unpaired) electrons. The van der Waals surface area contributed by atoms with Gasteiger partial charge in [-0.2, -0.15) is 0 Å². The normalized spacial score (nSPS) is 11.9. The van der Waals surface area contributed by atoms with Gasteiger partial charge in [-0.1, -0.05) is 0 Å². The summed E-state index contributed by atoms with van der Waals surface area (Å²) in [5.74, 6) is 1.44. The van der Waals surface area contributed by atoms with Crippen LogP contribution in [0.4, 0.5) is 5.69 Å². The second-order valence-corrected chi connectivity index (χ2v) is 6.06. The molecule has 1 aromatic carbocycles. The minimum Gasteiger partial charge on any atom is -0.493 e. The highest BCUT2D eigenvalue weighted by molar-refractivity contribution is 7.89. The number of benzene rings is 1. The van der Waals surface area contributed by atoms with E-state index in [0.29, 0.717) is 24.0 Å². The van der Waals surface area contributed by atoms with Crippen LogP contribution >= 0.6 is 0 Å². The Morgan fingerprint density at radius 1 is 1.27 bits per heavy atom. The largest absolute Gasteiger partial charge is 0.493 e. The number of methoxy groups -OCH3 is 2. The van der Waals surface area contributed by atoms with Crippen LogP contribution in [0.15, 0.2) is 23.2 Å². The van der Waals surface area contributed by atoms with E-state index >= 15 is 0 Å². The van der Waals surface area contributed by atoms with Gasteiger partial charge in [0.2, 0.25) is 10.0 Å². The van der Waals surface area contributed by atoms with Crippen molar-refractivity contribution in [3.05, 3.63) is 18.2 Å². The van der Waals surface area contributed by atoms with Gasteiger partial charge in [-0.15, -0.1) is 0 Å². The first kappa shape index (κ1) is 18.1. The Kier molecular flexibility index (Phi) is 6.93. The third kappa shape index (κ3) is 6.19. The number of nitrogens with zero attached hydrogens (tertiary/aromatic N) is 1. The molecule has 0 bridgehead atoms. The Bertz CT molecular complexity index is 616. The predicted octanol–water partition coefficient (Wildman–Crippen LogP) is 0.370. The molecular weight excluding hydrogens is 308 g/mol. The zero-order valence-electron chi connectivity index (χ0n) is 12.9. The van der Waals surface area contributed by atoms with E-state index in [1.54, 1.807) is 32.4 Å². The van der Waals surface area contributed by atoms with Crippen molar-refractivity contribution in [3.63, 3.8) is 0 Å². The molecule has 0 aliphatic carbocycles. The average Bonchev–Trinajstić information content (AvgIpc) is 2.46. The number of guanidine groups is 1. The van der Waals surface area contributed by atoms with Gasteiger partial charge in [-0.25, -0.2) is 13.6 Å². The molecule has 22 heavy (non-hydrogen) atoms. The van der Waals surface area contributed by atoms with Crippen molar-refractivity contribution in [2.45, 2.75) is 6.92 Å². The fraction of sp³-hybridized carbons (Fsp3) is 0.462. The molecule has 0 aliphatic heterocycles. The average molecular weight is 330 g/mol. The van der Waals surface area contributed by atoms with Gasteiger partial charge in [0.25, 0.3) is 0 Å². The summed E-state index contributed by atoms with van der Waals surface area (Å²) in [4.78, 5) is 4.16. The highest BCUT2D eigenvalue weighted by Gasteiger charge is 2.07. The van der Waals surface area contributed by atoms with E-state index in [4.69, 9.17) is 14.6 Å². The number of aliphatic imine (C=N–C) groups is 1. The Morgan fingerprint density at radius 3 is 2.50 bits per heavy atom. The minimum absolute atomic E-state index is 0.0709. The van der Waals surface area contributed by atoms with Gasteiger partial charge >= 0.3 is 0 Å². The SMILES string of the molecule is CCNC(=NCCS(N)(=O)=O)Nc1ccc(OC)c(OC)c1. The molecule has 0 aliphatic rings. The summed E-state index contributed by atoms with van der Waals surface area (Å²) in [5, 5.41) is 11.0. The number of primary sulfonamides is 1. The van der Waals surface area contributed by atoms with Gasteiger partial charge in [0.15, 0.2) is 17.5 Å². The van der Waals surface area contributed by atoms with Gasteiger partial charge in [0, 0.05) is 18.3 Å². The summed E-state index contributed by atoms with van der Waals surface area (Å²) in [5.41, 5.74) is 0.730. The van der Waals surface area contributed by atoms with Crippen LogP contribution < -0.4 is 25.2 Å². The predicted molar refractivity (Wildman–Crippen MR) is 87.1 cm³/mol. The van der Waals surface area contributed by atoms with Gasteiger partial charge in [0.1, 0.15) is 0 Å². The van der Waals surface area contributed by atoms with Gasteiger partial charge in [0.05, 0.1) is 26.5 Å². The lowest BCUT2D eigenvalue weighted by atomic mass is 10.3. The highest BCUT2D eigenvalue weighted by Crippen LogP contribution is 2.29. The van der Waals surface area contributed by atoms with Gasteiger partial charge in [-0.05, 0) is 19.1 Å². The second kappa shape index (κ2) is 8.44. The molecule has 1 aromatic rings. The number of sulfonamides is 1. The molecule has 0 aromatic heterocycles. The van der Waals surface area contributed by atoms with Crippen LogP contribution in [-0.2, 0) is 10.0 Å². The molecule has 124 valence electrons. The minimum atomic E-state index is -3.53. The monoisotopic (exact) mass is 330 g/mol. The molecule has 0 saturated carbocycles. The van der Waals surface area contributed by atoms with Crippen molar-refractivity contribution < 1.29 is 17.9 Å². The maximum absolute atomic E-state index is 10.9. The molecule has 0 fully saturated rings. The smallest absolute Gasteiger partial charge is 0.210 e. The maximum atomic E-state index is 10.9. The van der Waals surface area contributed by atoms with Crippen LogP contribution in [0.3, 0.4) is 0 Å². The zero-order valence-corrected chi connectivity index (χ0v) is 13.7. The molecule has 1 rings (SSSR count). The number of hydrogen-bond donors (Lipinski definition) is 3. The van der Waals surface area contributed by atoms with E-state index < -0.39 is 10.0 Å². The van der Waals surface area contributed by atoms with E-state index in [1.165, 1.54) is 0 Å². The van der Waals surface area contributed by atoms with E-state index in [2.05, 4.69) is 15.6 Å². The van der Waals surface area contributed by atoms with E-state index in [0.717, 1.165) is 5.69 Å². The number of hydrogen-bond acceptors (Lipinski definition) is 5. The molecule has 8 nitrogen and oxygen atoms in total. The molecule has 9 heteroatoms. The van der Waals surface area contributed by atoms with Crippen LogP contribution in [0, 0.1) is 0 Å². The summed E-state index contributed by atoms with van der Waals surface area (Å²) in [6.07, 6.45) is 0. The Morgan fingerprint density at radius 2 is 1.95 bits per heavy atom. The Balaban J connectivity index is 2.84. The van der Waals surface area contributed by atoms with E-state index in [9.17, 15) is 8.42 Å². The van der Waals surface area contributed by atoms with Crippen molar-refractivity contribution in [2.75, 3.05) is 38.4 Å². The Labute approximate surface area is 130 Å². The lowest BCUT2D eigenvalue weighted by Crippen LogP contribution is -2.31. The standard InChI is InChI=1S/C13H22N4O4S/c1-4-15-13(16-7-8-22(14,18)19)17-10-5-6-11(20-2)12(9-10)21-3/h5-6,9H,4,7-8H2,1-3H3,(H2,14,18,19)(H2,15,16,17). The Hall–Kier alpha value is -2.00.